The third-order valence-corrected chi connectivity index (χ3v) is 4.84. The van der Waals surface area contributed by atoms with E-state index < -0.39 is 5.69 Å². The summed E-state index contributed by atoms with van der Waals surface area (Å²) in [6.45, 7) is 2.17. The normalized spacial score (nSPS) is 11.0. The van der Waals surface area contributed by atoms with E-state index in [1.54, 1.807) is 17.0 Å². The molecule has 0 atom stereocenters. The van der Waals surface area contributed by atoms with Gasteiger partial charge in [0.2, 0.25) is 0 Å². The molecule has 0 spiro atoms. The van der Waals surface area contributed by atoms with E-state index in [-0.39, 0.29) is 17.0 Å². The van der Waals surface area contributed by atoms with Crippen molar-refractivity contribution in [2.45, 2.75) is 13.5 Å². The van der Waals surface area contributed by atoms with Crippen molar-refractivity contribution in [2.75, 3.05) is 0 Å². The molecule has 0 amide bonds. The van der Waals surface area contributed by atoms with Crippen molar-refractivity contribution >= 4 is 11.3 Å². The Morgan fingerprint density at radius 3 is 2.33 bits per heavy atom. The van der Waals surface area contributed by atoms with Gasteiger partial charge in [-0.05, 0) is 12.5 Å². The van der Waals surface area contributed by atoms with Gasteiger partial charge in [0.25, 0.3) is 5.56 Å². The second-order valence-electron chi connectivity index (χ2n) is 5.71. The lowest BCUT2D eigenvalue weighted by Crippen LogP contribution is -2.38. The van der Waals surface area contributed by atoms with Crippen molar-refractivity contribution in [3.8, 4) is 11.3 Å². The molecule has 0 saturated heterocycles. The van der Waals surface area contributed by atoms with Crippen LogP contribution in [0.5, 0.6) is 0 Å². The van der Waals surface area contributed by atoms with Gasteiger partial charge in [-0.3, -0.25) is 23.3 Å². The maximum absolute atomic E-state index is 12.2. The predicted octanol–water partition coefficient (Wildman–Crippen LogP) is 1.33. The second kappa shape index (κ2) is 6.09. The maximum Gasteiger partial charge on any atom is 0.330 e. The van der Waals surface area contributed by atoms with Crippen LogP contribution < -0.4 is 16.1 Å². The smallest absolute Gasteiger partial charge is 0.299 e. The van der Waals surface area contributed by atoms with Crippen molar-refractivity contribution in [3.63, 3.8) is 0 Å². The molecule has 7 heteroatoms. The van der Waals surface area contributed by atoms with Crippen molar-refractivity contribution < 1.29 is 0 Å². The number of rotatable bonds is 3. The minimum absolute atomic E-state index is 0.126. The Bertz CT molecular complexity index is 1070. The fourth-order valence-corrected chi connectivity index (χ4v) is 3.29. The van der Waals surface area contributed by atoms with Gasteiger partial charge in [0.15, 0.2) is 0 Å². The van der Waals surface area contributed by atoms with Gasteiger partial charge in [0.1, 0.15) is 0 Å². The first kappa shape index (κ1) is 16.2. The standard InChI is InChI=1S/C17H17N3O3S/c1-11-4-6-12(7-5-11)14-10-24-17(23)20(14)9-13-8-15(21)19(3)16(22)18(13)2/h4-8,10H,9H2,1-3H3. The molecule has 124 valence electrons. The third kappa shape index (κ3) is 2.78. The number of hydrogen-bond donors (Lipinski definition) is 0. The number of hydrogen-bond acceptors (Lipinski definition) is 4. The van der Waals surface area contributed by atoms with Crippen LogP contribution in [-0.2, 0) is 20.6 Å². The molecule has 6 nitrogen and oxygen atoms in total. The molecule has 1 aromatic carbocycles. The Morgan fingerprint density at radius 1 is 1.00 bits per heavy atom. The van der Waals surface area contributed by atoms with Gasteiger partial charge < -0.3 is 0 Å². The molecule has 3 aromatic rings. The molecular formula is C17H17N3O3S. The molecule has 0 saturated carbocycles. The van der Waals surface area contributed by atoms with Crippen molar-refractivity contribution in [2.24, 2.45) is 14.1 Å². The highest BCUT2D eigenvalue weighted by Gasteiger charge is 2.13. The third-order valence-electron chi connectivity index (χ3n) is 4.08. The molecule has 2 aromatic heterocycles. The average molecular weight is 343 g/mol. The van der Waals surface area contributed by atoms with Gasteiger partial charge in [-0.15, -0.1) is 0 Å². The SMILES string of the molecule is Cc1ccc(-c2csc(=O)n2Cc2cc(=O)n(C)c(=O)n2C)cc1. The molecule has 0 aliphatic rings. The van der Waals surface area contributed by atoms with Gasteiger partial charge in [0, 0.05) is 31.2 Å². The van der Waals surface area contributed by atoms with Gasteiger partial charge in [-0.1, -0.05) is 41.2 Å². The monoisotopic (exact) mass is 343 g/mol. The molecule has 2 heterocycles. The molecule has 0 bridgehead atoms. The van der Waals surface area contributed by atoms with Crippen LogP contribution in [0.15, 0.2) is 50.1 Å². The highest BCUT2D eigenvalue weighted by atomic mass is 32.1. The lowest BCUT2D eigenvalue weighted by molar-refractivity contribution is 0.624. The molecule has 0 unspecified atom stereocenters. The minimum Gasteiger partial charge on any atom is -0.299 e. The number of aromatic nitrogens is 3. The van der Waals surface area contributed by atoms with Gasteiger partial charge in [-0.2, -0.15) is 0 Å². The number of nitrogens with zero attached hydrogens (tertiary/aromatic N) is 3. The van der Waals surface area contributed by atoms with E-state index in [1.165, 1.54) is 17.7 Å². The minimum atomic E-state index is -0.405. The summed E-state index contributed by atoms with van der Waals surface area (Å²) in [4.78, 5) is 36.1. The Balaban J connectivity index is 2.11. The molecule has 0 fully saturated rings. The topological polar surface area (TPSA) is 66.0 Å². The maximum atomic E-state index is 12.2. The van der Waals surface area contributed by atoms with Crippen molar-refractivity contribution in [3.05, 3.63) is 77.5 Å². The van der Waals surface area contributed by atoms with Gasteiger partial charge in [0.05, 0.1) is 12.2 Å². The van der Waals surface area contributed by atoms with Crippen LogP contribution in [0.1, 0.15) is 11.3 Å². The largest absolute Gasteiger partial charge is 0.330 e. The fraction of sp³-hybridized carbons (Fsp3) is 0.235. The highest BCUT2D eigenvalue weighted by Crippen LogP contribution is 2.21. The van der Waals surface area contributed by atoms with Crippen molar-refractivity contribution in [1.82, 2.24) is 13.7 Å². The molecule has 3 rings (SSSR count). The van der Waals surface area contributed by atoms with E-state index in [4.69, 9.17) is 0 Å². The number of benzene rings is 1. The molecule has 24 heavy (non-hydrogen) atoms. The quantitative estimate of drug-likeness (QED) is 0.721. The lowest BCUT2D eigenvalue weighted by atomic mass is 10.1. The summed E-state index contributed by atoms with van der Waals surface area (Å²) in [5, 5.41) is 1.80. The first-order valence-corrected chi connectivity index (χ1v) is 8.28. The summed E-state index contributed by atoms with van der Waals surface area (Å²) in [5.41, 5.74) is 2.55. The molecule has 0 aliphatic heterocycles. The van der Waals surface area contributed by atoms with E-state index in [1.807, 2.05) is 31.2 Å². The molecule has 0 radical (unpaired) electrons. The Hall–Kier alpha value is -2.67. The summed E-state index contributed by atoms with van der Waals surface area (Å²) < 4.78 is 4.02. The van der Waals surface area contributed by atoms with E-state index in [2.05, 4.69) is 0 Å². The fourth-order valence-electron chi connectivity index (χ4n) is 2.52. The molecule has 0 aliphatic carbocycles. The summed E-state index contributed by atoms with van der Waals surface area (Å²) in [6, 6.07) is 9.27. The van der Waals surface area contributed by atoms with Crippen molar-refractivity contribution in [1.29, 1.82) is 0 Å². The van der Waals surface area contributed by atoms with E-state index >= 15 is 0 Å². The highest BCUT2D eigenvalue weighted by molar-refractivity contribution is 7.07. The zero-order valence-electron chi connectivity index (χ0n) is 13.6. The number of thiazole rings is 1. The Labute approximate surface area is 141 Å². The summed E-state index contributed by atoms with van der Waals surface area (Å²) in [6.07, 6.45) is 0. The van der Waals surface area contributed by atoms with Gasteiger partial charge in [-0.25, -0.2) is 4.79 Å². The summed E-state index contributed by atoms with van der Waals surface area (Å²) >= 11 is 1.10. The van der Waals surface area contributed by atoms with Crippen LogP contribution in [0, 0.1) is 6.92 Å². The van der Waals surface area contributed by atoms with Gasteiger partial charge >= 0.3 is 10.6 Å². The summed E-state index contributed by atoms with van der Waals surface area (Å²) in [5.74, 6) is 0. The van der Waals surface area contributed by atoms with E-state index in [0.717, 1.165) is 32.7 Å². The molecule has 0 N–H and O–H groups in total. The van der Waals surface area contributed by atoms with Crippen LogP contribution in [0.25, 0.3) is 11.3 Å². The zero-order chi connectivity index (χ0) is 17.4. The van der Waals surface area contributed by atoms with Crippen LogP contribution in [-0.4, -0.2) is 13.7 Å². The first-order valence-electron chi connectivity index (χ1n) is 7.40. The van der Waals surface area contributed by atoms with E-state index in [0.29, 0.717) is 5.69 Å². The molecular weight excluding hydrogens is 326 g/mol. The van der Waals surface area contributed by atoms with Crippen LogP contribution in [0.4, 0.5) is 0 Å². The van der Waals surface area contributed by atoms with E-state index in [9.17, 15) is 14.4 Å². The predicted molar refractivity (Wildman–Crippen MR) is 94.8 cm³/mol. The number of aryl methyl sites for hydroxylation is 1. The average Bonchev–Trinajstić information content (AvgIpc) is 2.92. The van der Waals surface area contributed by atoms with Crippen LogP contribution in [0.2, 0.25) is 0 Å². The summed E-state index contributed by atoms with van der Waals surface area (Å²) in [7, 11) is 3.03. The van der Waals surface area contributed by atoms with Crippen LogP contribution in [0.3, 0.4) is 0 Å². The second-order valence-corrected chi connectivity index (χ2v) is 6.53. The zero-order valence-corrected chi connectivity index (χ0v) is 14.5. The lowest BCUT2D eigenvalue weighted by Gasteiger charge is -2.12. The first-order chi connectivity index (χ1) is 11.4. The van der Waals surface area contributed by atoms with Crippen LogP contribution >= 0.6 is 11.3 Å². The Morgan fingerprint density at radius 2 is 1.67 bits per heavy atom. The Kier molecular flexibility index (Phi) is 4.11.